The zero-order valence-corrected chi connectivity index (χ0v) is 15.5. The van der Waals surface area contributed by atoms with Crippen molar-refractivity contribution in [1.82, 2.24) is 19.5 Å². The number of rotatable bonds is 2. The molecule has 1 aliphatic rings. The standard InChI is InChI=1S/C21H16ClFN4/c1-12-9-16(23)15(22)11-14(12)20-21(27-8-2-3-19(27)26-20)13-4-5-17-18(10-13)25-7-6-24-17/h4-7,9-11H,2-3,8H2,1H3. The van der Waals surface area contributed by atoms with Gasteiger partial charge < -0.3 is 4.57 Å². The first-order chi connectivity index (χ1) is 13.1. The van der Waals surface area contributed by atoms with Crippen LogP contribution < -0.4 is 0 Å². The lowest BCUT2D eigenvalue weighted by Crippen LogP contribution is -1.97. The van der Waals surface area contributed by atoms with E-state index in [0.717, 1.165) is 64.3 Å². The van der Waals surface area contributed by atoms with Gasteiger partial charge in [0, 0.05) is 36.5 Å². The third-order valence-electron chi connectivity index (χ3n) is 5.09. The summed E-state index contributed by atoms with van der Waals surface area (Å²) >= 11 is 6.08. The quantitative estimate of drug-likeness (QED) is 0.481. The van der Waals surface area contributed by atoms with Crippen molar-refractivity contribution >= 4 is 22.6 Å². The van der Waals surface area contributed by atoms with E-state index in [0.29, 0.717) is 0 Å². The molecule has 0 N–H and O–H groups in total. The van der Waals surface area contributed by atoms with E-state index in [9.17, 15) is 4.39 Å². The molecule has 6 heteroatoms. The highest BCUT2D eigenvalue weighted by Gasteiger charge is 2.25. The van der Waals surface area contributed by atoms with E-state index in [1.54, 1.807) is 18.5 Å². The Morgan fingerprint density at radius 3 is 2.74 bits per heavy atom. The first kappa shape index (κ1) is 16.4. The van der Waals surface area contributed by atoms with Crippen LogP contribution in [0.3, 0.4) is 0 Å². The average Bonchev–Trinajstić information content (AvgIpc) is 3.25. The molecule has 2 aromatic heterocycles. The second kappa shape index (κ2) is 6.13. The fourth-order valence-electron chi connectivity index (χ4n) is 3.82. The summed E-state index contributed by atoms with van der Waals surface area (Å²) in [6, 6.07) is 9.20. The van der Waals surface area contributed by atoms with Crippen LogP contribution in [0, 0.1) is 12.7 Å². The molecule has 134 valence electrons. The first-order valence-electron chi connectivity index (χ1n) is 8.88. The molecule has 0 fully saturated rings. The smallest absolute Gasteiger partial charge is 0.142 e. The zero-order chi connectivity index (χ0) is 18.5. The SMILES string of the molecule is Cc1cc(F)c(Cl)cc1-c1nc2n(c1-c1ccc3nccnc3c1)CCC2. The molecule has 27 heavy (non-hydrogen) atoms. The van der Waals surface area contributed by atoms with Gasteiger partial charge in [0.1, 0.15) is 11.6 Å². The number of hydrogen-bond acceptors (Lipinski definition) is 3. The lowest BCUT2D eigenvalue weighted by molar-refractivity contribution is 0.627. The van der Waals surface area contributed by atoms with Gasteiger partial charge in [0.15, 0.2) is 0 Å². The summed E-state index contributed by atoms with van der Waals surface area (Å²) in [5.41, 5.74) is 6.26. The maximum atomic E-state index is 13.9. The molecule has 0 unspecified atom stereocenters. The third kappa shape index (κ3) is 2.61. The predicted octanol–water partition coefficient (Wildman–Crippen LogP) is 5.21. The number of imidazole rings is 1. The summed E-state index contributed by atoms with van der Waals surface area (Å²) in [5.74, 6) is 0.645. The molecule has 0 bridgehead atoms. The van der Waals surface area contributed by atoms with E-state index in [4.69, 9.17) is 16.6 Å². The largest absolute Gasteiger partial charge is 0.327 e. The minimum Gasteiger partial charge on any atom is -0.327 e. The van der Waals surface area contributed by atoms with Crippen LogP contribution in [-0.4, -0.2) is 19.5 Å². The van der Waals surface area contributed by atoms with Gasteiger partial charge in [-0.25, -0.2) is 9.37 Å². The number of benzene rings is 2. The van der Waals surface area contributed by atoms with E-state index in [-0.39, 0.29) is 5.02 Å². The third-order valence-corrected chi connectivity index (χ3v) is 5.38. The van der Waals surface area contributed by atoms with Crippen LogP contribution in [0.1, 0.15) is 17.8 Å². The molecule has 0 spiro atoms. The van der Waals surface area contributed by atoms with Crippen LogP contribution in [0.15, 0.2) is 42.7 Å². The van der Waals surface area contributed by atoms with Crippen LogP contribution >= 0.6 is 11.6 Å². The minimum absolute atomic E-state index is 0.110. The highest BCUT2D eigenvalue weighted by Crippen LogP contribution is 2.38. The van der Waals surface area contributed by atoms with Crippen molar-refractivity contribution in [3.63, 3.8) is 0 Å². The average molecular weight is 379 g/mol. The van der Waals surface area contributed by atoms with Gasteiger partial charge in [0.05, 0.1) is 27.4 Å². The van der Waals surface area contributed by atoms with Crippen molar-refractivity contribution in [2.75, 3.05) is 0 Å². The van der Waals surface area contributed by atoms with Crippen LogP contribution in [0.4, 0.5) is 4.39 Å². The Balaban J connectivity index is 1.78. The van der Waals surface area contributed by atoms with Crippen molar-refractivity contribution < 1.29 is 4.39 Å². The number of nitrogens with zero attached hydrogens (tertiary/aromatic N) is 4. The molecule has 0 atom stereocenters. The Morgan fingerprint density at radius 1 is 1.07 bits per heavy atom. The van der Waals surface area contributed by atoms with Gasteiger partial charge >= 0.3 is 0 Å². The highest BCUT2D eigenvalue weighted by atomic mass is 35.5. The van der Waals surface area contributed by atoms with Crippen LogP contribution in [0.2, 0.25) is 5.02 Å². The molecule has 0 aliphatic carbocycles. The minimum atomic E-state index is -0.410. The van der Waals surface area contributed by atoms with Crippen molar-refractivity contribution in [1.29, 1.82) is 0 Å². The van der Waals surface area contributed by atoms with E-state index in [2.05, 4.69) is 14.5 Å². The fourth-order valence-corrected chi connectivity index (χ4v) is 3.98. The van der Waals surface area contributed by atoms with Crippen molar-refractivity contribution in [3.05, 3.63) is 65.0 Å². The molecule has 4 aromatic rings. The number of halogens is 2. The maximum Gasteiger partial charge on any atom is 0.142 e. The number of aromatic nitrogens is 4. The molecular weight excluding hydrogens is 363 g/mol. The van der Waals surface area contributed by atoms with Gasteiger partial charge in [-0.2, -0.15) is 0 Å². The number of fused-ring (bicyclic) bond motifs is 2. The molecule has 4 nitrogen and oxygen atoms in total. The van der Waals surface area contributed by atoms with Crippen molar-refractivity contribution in [2.24, 2.45) is 0 Å². The molecule has 0 saturated carbocycles. The summed E-state index contributed by atoms with van der Waals surface area (Å²) in [7, 11) is 0. The normalized spacial score (nSPS) is 13.3. The molecule has 0 amide bonds. The van der Waals surface area contributed by atoms with Gasteiger partial charge in [-0.1, -0.05) is 17.7 Å². The number of aryl methyl sites for hydroxylation is 2. The molecule has 5 rings (SSSR count). The Bertz CT molecular complexity index is 1200. The molecular formula is C21H16ClFN4. The van der Waals surface area contributed by atoms with E-state index in [1.807, 2.05) is 25.1 Å². The van der Waals surface area contributed by atoms with E-state index in [1.165, 1.54) is 6.07 Å². The molecule has 2 aromatic carbocycles. The second-order valence-corrected chi connectivity index (χ2v) is 7.23. The summed E-state index contributed by atoms with van der Waals surface area (Å²) < 4.78 is 16.1. The Kier molecular flexibility index (Phi) is 3.72. The van der Waals surface area contributed by atoms with Gasteiger partial charge in [0.2, 0.25) is 0 Å². The molecule has 0 radical (unpaired) electrons. The van der Waals surface area contributed by atoms with Gasteiger partial charge in [0.25, 0.3) is 0 Å². The predicted molar refractivity (Wildman–Crippen MR) is 104 cm³/mol. The number of hydrogen-bond donors (Lipinski definition) is 0. The molecule has 1 aliphatic heterocycles. The summed E-state index contributed by atoms with van der Waals surface area (Å²) in [5, 5.41) is 0.110. The lowest BCUT2D eigenvalue weighted by atomic mass is 10.00. The first-order valence-corrected chi connectivity index (χ1v) is 9.26. The van der Waals surface area contributed by atoms with Gasteiger partial charge in [-0.15, -0.1) is 0 Å². The summed E-state index contributed by atoms with van der Waals surface area (Å²) in [6.07, 6.45) is 5.39. The Morgan fingerprint density at radius 2 is 1.89 bits per heavy atom. The van der Waals surface area contributed by atoms with Crippen LogP contribution in [0.5, 0.6) is 0 Å². The topological polar surface area (TPSA) is 43.6 Å². The second-order valence-electron chi connectivity index (χ2n) is 6.82. The summed E-state index contributed by atoms with van der Waals surface area (Å²) in [4.78, 5) is 13.7. The maximum absolute atomic E-state index is 13.9. The van der Waals surface area contributed by atoms with E-state index >= 15 is 0 Å². The fraction of sp³-hybridized carbons (Fsp3) is 0.190. The Hall–Kier alpha value is -2.79. The molecule has 3 heterocycles. The van der Waals surface area contributed by atoms with Crippen LogP contribution in [-0.2, 0) is 13.0 Å². The van der Waals surface area contributed by atoms with Crippen LogP contribution in [0.25, 0.3) is 33.5 Å². The van der Waals surface area contributed by atoms with Gasteiger partial charge in [-0.05, 0) is 43.2 Å². The summed E-state index contributed by atoms with van der Waals surface area (Å²) in [6.45, 7) is 2.80. The van der Waals surface area contributed by atoms with Crippen molar-refractivity contribution in [2.45, 2.75) is 26.3 Å². The Labute approximate surface area is 160 Å². The zero-order valence-electron chi connectivity index (χ0n) is 14.7. The lowest BCUT2D eigenvalue weighted by Gasteiger charge is -2.11. The van der Waals surface area contributed by atoms with Gasteiger partial charge in [-0.3, -0.25) is 9.97 Å². The van der Waals surface area contributed by atoms with Crippen molar-refractivity contribution in [3.8, 4) is 22.5 Å². The molecule has 0 saturated heterocycles. The van der Waals surface area contributed by atoms with E-state index < -0.39 is 5.82 Å². The highest BCUT2D eigenvalue weighted by molar-refractivity contribution is 6.31. The monoisotopic (exact) mass is 378 g/mol.